The van der Waals surface area contributed by atoms with Crippen molar-refractivity contribution in [3.05, 3.63) is 40.8 Å². The van der Waals surface area contributed by atoms with Gasteiger partial charge in [-0.25, -0.2) is 0 Å². The molecule has 0 unspecified atom stereocenters. The van der Waals surface area contributed by atoms with Crippen molar-refractivity contribution in [2.75, 3.05) is 32.7 Å². The highest BCUT2D eigenvalue weighted by Crippen LogP contribution is 2.27. The highest BCUT2D eigenvalue weighted by molar-refractivity contribution is 5.98. The van der Waals surface area contributed by atoms with Gasteiger partial charge in [-0.05, 0) is 30.1 Å². The molecule has 0 fully saturated rings. The molecule has 148 valence electrons. The van der Waals surface area contributed by atoms with Gasteiger partial charge in [-0.15, -0.1) is 0 Å². The molecule has 3 aliphatic rings. The molecule has 4 rings (SSSR count). The summed E-state index contributed by atoms with van der Waals surface area (Å²) in [4.78, 5) is 40.8. The number of rotatable bonds is 4. The van der Waals surface area contributed by atoms with E-state index in [1.807, 2.05) is 11.0 Å². The lowest BCUT2D eigenvalue weighted by molar-refractivity contribution is -0.124. The van der Waals surface area contributed by atoms with Crippen LogP contribution in [0.4, 0.5) is 0 Å². The third-order valence-electron chi connectivity index (χ3n) is 5.41. The van der Waals surface area contributed by atoms with Gasteiger partial charge in [0.25, 0.3) is 11.8 Å². The number of fused-ring (bicyclic) bond motifs is 1. The highest BCUT2D eigenvalue weighted by atomic mass is 16.2. The summed E-state index contributed by atoms with van der Waals surface area (Å²) in [7, 11) is 0. The summed E-state index contributed by atoms with van der Waals surface area (Å²) < 4.78 is 1.62. The number of unbranched alkanes of at least 4 members (excludes halogenated alkanes) is 1. The van der Waals surface area contributed by atoms with Crippen LogP contribution in [0.15, 0.2) is 29.4 Å². The number of allylic oxidation sites excluding steroid dienone is 1. The van der Waals surface area contributed by atoms with Gasteiger partial charge in [0.2, 0.25) is 5.91 Å². The first kappa shape index (κ1) is 18.5. The molecule has 28 heavy (non-hydrogen) atoms. The predicted octanol–water partition coefficient (Wildman–Crippen LogP) is 0.968. The monoisotopic (exact) mass is 383 g/mol. The van der Waals surface area contributed by atoms with Crippen LogP contribution in [-0.2, 0) is 11.3 Å². The zero-order valence-corrected chi connectivity index (χ0v) is 16.1. The number of hydrogen-bond donors (Lipinski definition) is 1. The van der Waals surface area contributed by atoms with Gasteiger partial charge in [0, 0.05) is 45.3 Å². The molecule has 1 aromatic rings. The van der Waals surface area contributed by atoms with Crippen molar-refractivity contribution in [2.24, 2.45) is 0 Å². The van der Waals surface area contributed by atoms with Crippen LogP contribution in [0.3, 0.4) is 0 Å². The normalized spacial score (nSPS) is 19.1. The van der Waals surface area contributed by atoms with Gasteiger partial charge in [-0.3, -0.25) is 19.1 Å². The molecule has 0 spiro atoms. The maximum absolute atomic E-state index is 12.9. The minimum absolute atomic E-state index is 0.0320. The van der Waals surface area contributed by atoms with Crippen molar-refractivity contribution in [3.63, 3.8) is 0 Å². The van der Waals surface area contributed by atoms with Crippen LogP contribution < -0.4 is 5.32 Å². The number of carbonyl (C=O) groups is 3. The largest absolute Gasteiger partial charge is 0.351 e. The van der Waals surface area contributed by atoms with Gasteiger partial charge in [-0.2, -0.15) is 5.10 Å². The van der Waals surface area contributed by atoms with E-state index < -0.39 is 0 Å². The van der Waals surface area contributed by atoms with Crippen LogP contribution in [0, 0.1) is 0 Å². The quantitative estimate of drug-likeness (QED) is 0.620. The van der Waals surface area contributed by atoms with Gasteiger partial charge < -0.3 is 15.1 Å². The molecule has 8 heteroatoms. The number of nitrogens with zero attached hydrogens (tertiary/aromatic N) is 4. The molecule has 1 aromatic heterocycles. The first-order valence-corrected chi connectivity index (χ1v) is 9.87. The van der Waals surface area contributed by atoms with E-state index in [2.05, 4.69) is 17.3 Å². The number of hydrogen-bond acceptors (Lipinski definition) is 4. The Labute approximate surface area is 163 Å². The standard InChI is InChI=1S/C20H25N5O3/c1-2-3-4-6-18(26)23-10-14-12-24(13-15(14)11-23)20(28)16-9-17-19(27)21-7-5-8-25(17)22-16/h4,6,9H,2-3,5,7-8,10-13H2,1H3,(H,21,27)/b6-4+. The Morgan fingerprint density at radius 3 is 2.61 bits per heavy atom. The fraction of sp³-hybridized carbons (Fsp3) is 0.500. The van der Waals surface area contributed by atoms with E-state index in [0.717, 1.165) is 30.4 Å². The second-order valence-electron chi connectivity index (χ2n) is 7.50. The van der Waals surface area contributed by atoms with Gasteiger partial charge >= 0.3 is 0 Å². The molecule has 8 nitrogen and oxygen atoms in total. The minimum atomic E-state index is -0.184. The Balaban J connectivity index is 1.38. The van der Waals surface area contributed by atoms with Crippen LogP contribution >= 0.6 is 0 Å². The Morgan fingerprint density at radius 1 is 1.18 bits per heavy atom. The van der Waals surface area contributed by atoms with Crippen molar-refractivity contribution >= 4 is 17.7 Å². The van der Waals surface area contributed by atoms with Crippen molar-refractivity contribution in [3.8, 4) is 0 Å². The number of nitrogens with one attached hydrogen (secondary N) is 1. The molecule has 0 bridgehead atoms. The van der Waals surface area contributed by atoms with E-state index in [1.165, 1.54) is 0 Å². The zero-order chi connectivity index (χ0) is 19.7. The van der Waals surface area contributed by atoms with Gasteiger partial charge in [0.1, 0.15) is 5.69 Å². The van der Waals surface area contributed by atoms with Crippen molar-refractivity contribution in [2.45, 2.75) is 32.7 Å². The maximum atomic E-state index is 12.9. The summed E-state index contributed by atoms with van der Waals surface area (Å²) in [6.07, 6.45) is 6.29. The molecular weight excluding hydrogens is 358 g/mol. The lowest BCUT2D eigenvalue weighted by atomic mass is 10.2. The molecule has 1 N–H and O–H groups in total. The second kappa shape index (κ2) is 7.61. The van der Waals surface area contributed by atoms with E-state index in [0.29, 0.717) is 50.7 Å². The number of amides is 3. The number of aromatic nitrogens is 2. The lowest BCUT2D eigenvalue weighted by Crippen LogP contribution is -2.36. The molecule has 0 atom stereocenters. The summed E-state index contributed by atoms with van der Waals surface area (Å²) in [5, 5.41) is 7.17. The summed E-state index contributed by atoms with van der Waals surface area (Å²) in [6.45, 7) is 5.52. The number of carbonyl (C=O) groups excluding carboxylic acids is 3. The van der Waals surface area contributed by atoms with Crippen molar-refractivity contribution < 1.29 is 14.4 Å². The minimum Gasteiger partial charge on any atom is -0.351 e. The highest BCUT2D eigenvalue weighted by Gasteiger charge is 2.35. The summed E-state index contributed by atoms with van der Waals surface area (Å²) in [5.74, 6) is -0.315. The van der Waals surface area contributed by atoms with Crippen molar-refractivity contribution in [1.29, 1.82) is 0 Å². The molecular formula is C20H25N5O3. The molecule has 4 heterocycles. The average Bonchev–Trinajstić information content (AvgIpc) is 3.35. The molecule has 3 amide bonds. The van der Waals surface area contributed by atoms with E-state index >= 15 is 0 Å². The summed E-state index contributed by atoms with van der Waals surface area (Å²) in [6, 6.07) is 1.58. The average molecular weight is 383 g/mol. The van der Waals surface area contributed by atoms with Crippen molar-refractivity contribution in [1.82, 2.24) is 24.9 Å². The zero-order valence-electron chi connectivity index (χ0n) is 16.1. The Kier molecular flexibility index (Phi) is 5.02. The SMILES string of the molecule is CCC/C=C/C(=O)N1CC2=C(C1)CN(C(=O)c1cc3n(n1)CCCNC3=O)C2. The maximum Gasteiger partial charge on any atom is 0.274 e. The topological polar surface area (TPSA) is 87.5 Å². The smallest absolute Gasteiger partial charge is 0.274 e. The molecule has 3 aliphatic heterocycles. The van der Waals surface area contributed by atoms with E-state index in [4.69, 9.17) is 0 Å². The molecule has 0 saturated carbocycles. The molecule has 0 aromatic carbocycles. The third kappa shape index (κ3) is 3.46. The van der Waals surface area contributed by atoms with Gasteiger partial charge in [0.05, 0.1) is 0 Å². The first-order chi connectivity index (χ1) is 13.6. The Hall–Kier alpha value is -2.90. The lowest BCUT2D eigenvalue weighted by Gasteiger charge is -2.21. The van der Waals surface area contributed by atoms with Crippen LogP contribution in [0.2, 0.25) is 0 Å². The summed E-state index contributed by atoms with van der Waals surface area (Å²) in [5.41, 5.74) is 3.04. The van der Waals surface area contributed by atoms with Crippen LogP contribution in [0.1, 0.15) is 47.2 Å². The predicted molar refractivity (Wildman–Crippen MR) is 103 cm³/mol. The van der Waals surface area contributed by atoms with Crippen LogP contribution in [0.5, 0.6) is 0 Å². The molecule has 0 aliphatic carbocycles. The second-order valence-corrected chi connectivity index (χ2v) is 7.50. The summed E-state index contributed by atoms with van der Waals surface area (Å²) >= 11 is 0. The Morgan fingerprint density at radius 2 is 1.89 bits per heavy atom. The van der Waals surface area contributed by atoms with Crippen LogP contribution in [-0.4, -0.2) is 70.0 Å². The first-order valence-electron chi connectivity index (χ1n) is 9.87. The fourth-order valence-corrected chi connectivity index (χ4v) is 3.89. The molecule has 0 saturated heterocycles. The number of aryl methyl sites for hydroxylation is 1. The fourth-order valence-electron chi connectivity index (χ4n) is 3.89. The van der Waals surface area contributed by atoms with Gasteiger partial charge in [0.15, 0.2) is 5.69 Å². The van der Waals surface area contributed by atoms with Gasteiger partial charge in [-0.1, -0.05) is 19.4 Å². The Bertz CT molecular complexity index is 864. The van der Waals surface area contributed by atoms with E-state index in [9.17, 15) is 14.4 Å². The van der Waals surface area contributed by atoms with E-state index in [1.54, 1.807) is 21.7 Å². The van der Waals surface area contributed by atoms with E-state index in [-0.39, 0.29) is 17.7 Å². The third-order valence-corrected chi connectivity index (χ3v) is 5.41. The van der Waals surface area contributed by atoms with Crippen LogP contribution in [0.25, 0.3) is 0 Å². The molecule has 0 radical (unpaired) electrons.